The van der Waals surface area contributed by atoms with E-state index in [0.717, 1.165) is 17.0 Å². The topological polar surface area (TPSA) is 35.0 Å². The van der Waals surface area contributed by atoms with Gasteiger partial charge < -0.3 is 4.74 Å². The van der Waals surface area contributed by atoms with Crippen molar-refractivity contribution in [2.75, 3.05) is 0 Å². The van der Waals surface area contributed by atoms with Gasteiger partial charge >= 0.3 is 6.01 Å². The first-order valence-corrected chi connectivity index (χ1v) is 6.36. The molecule has 1 aromatic heterocycles. The molecule has 0 bridgehead atoms. The van der Waals surface area contributed by atoms with E-state index in [2.05, 4.69) is 9.97 Å². The summed E-state index contributed by atoms with van der Waals surface area (Å²) in [6.45, 7) is 2.29. The molecule has 5 heteroatoms. The smallest absolute Gasteiger partial charge is 0.317 e. The number of rotatable bonds is 4. The largest absolute Gasteiger partial charge is 0.459 e. The van der Waals surface area contributed by atoms with E-state index in [-0.39, 0.29) is 0 Å². The van der Waals surface area contributed by atoms with Crippen LogP contribution in [0.4, 0.5) is 0 Å². The number of hydrogen-bond acceptors (Lipinski definition) is 3. The van der Waals surface area contributed by atoms with E-state index in [9.17, 15) is 0 Å². The van der Waals surface area contributed by atoms with E-state index in [1.165, 1.54) is 0 Å². The van der Waals surface area contributed by atoms with Crippen LogP contribution in [0.1, 0.15) is 17.0 Å². The molecule has 1 heterocycles. The summed E-state index contributed by atoms with van der Waals surface area (Å²) < 4.78 is 5.53. The van der Waals surface area contributed by atoms with Crippen molar-refractivity contribution in [3.05, 3.63) is 52.3 Å². The molecular weight excluding hydrogens is 271 g/mol. The predicted molar refractivity (Wildman–Crippen MR) is 72.1 cm³/mol. The van der Waals surface area contributed by atoms with Crippen molar-refractivity contribution in [1.82, 2.24) is 9.97 Å². The lowest BCUT2D eigenvalue weighted by Gasteiger charge is -2.06. The first kappa shape index (κ1) is 13.1. The van der Waals surface area contributed by atoms with E-state index < -0.39 is 0 Å². The molecule has 0 saturated carbocycles. The van der Waals surface area contributed by atoms with E-state index in [0.29, 0.717) is 23.5 Å². The molecule has 0 spiro atoms. The SMILES string of the molecule is Cc1cc(CCl)nc(OCc2ccc(Cl)cc2)n1. The minimum atomic E-state index is 0.348. The molecule has 0 aliphatic rings. The minimum absolute atomic E-state index is 0.348. The Labute approximate surface area is 116 Å². The Kier molecular flexibility index (Phi) is 4.39. The first-order chi connectivity index (χ1) is 8.67. The summed E-state index contributed by atoms with van der Waals surface area (Å²) in [5.74, 6) is 0.348. The quantitative estimate of drug-likeness (QED) is 0.801. The van der Waals surface area contributed by atoms with Gasteiger partial charge in [0.2, 0.25) is 0 Å². The predicted octanol–water partition coefficient (Wildman–Crippen LogP) is 3.76. The molecule has 0 radical (unpaired) electrons. The molecule has 0 aliphatic carbocycles. The molecule has 0 N–H and O–H groups in total. The molecule has 3 nitrogen and oxygen atoms in total. The van der Waals surface area contributed by atoms with Gasteiger partial charge in [0, 0.05) is 10.7 Å². The monoisotopic (exact) mass is 282 g/mol. The summed E-state index contributed by atoms with van der Waals surface area (Å²) in [5.41, 5.74) is 2.61. The molecule has 0 unspecified atom stereocenters. The Hall–Kier alpha value is -1.32. The number of alkyl halides is 1. The number of aryl methyl sites for hydroxylation is 1. The zero-order valence-corrected chi connectivity index (χ0v) is 11.4. The van der Waals surface area contributed by atoms with Gasteiger partial charge in [-0.15, -0.1) is 11.6 Å². The molecule has 0 amide bonds. The van der Waals surface area contributed by atoms with Crippen molar-refractivity contribution < 1.29 is 4.74 Å². The van der Waals surface area contributed by atoms with Crippen LogP contribution in [-0.4, -0.2) is 9.97 Å². The first-order valence-electron chi connectivity index (χ1n) is 5.45. The molecule has 0 atom stereocenters. The zero-order chi connectivity index (χ0) is 13.0. The Morgan fingerprint density at radius 3 is 2.56 bits per heavy atom. The van der Waals surface area contributed by atoms with Gasteiger partial charge in [-0.3, -0.25) is 0 Å². The third-order valence-corrected chi connectivity index (χ3v) is 2.83. The second kappa shape index (κ2) is 6.03. The highest BCUT2D eigenvalue weighted by Crippen LogP contribution is 2.13. The van der Waals surface area contributed by atoms with Crippen LogP contribution in [0.3, 0.4) is 0 Å². The second-order valence-electron chi connectivity index (χ2n) is 3.83. The molecule has 0 aliphatic heterocycles. The minimum Gasteiger partial charge on any atom is -0.459 e. The molecule has 0 saturated heterocycles. The Balaban J connectivity index is 2.05. The standard InChI is InChI=1S/C13H12Cl2N2O/c1-9-6-12(7-14)17-13(16-9)18-8-10-2-4-11(15)5-3-10/h2-6H,7-8H2,1H3. The summed E-state index contributed by atoms with van der Waals surface area (Å²) >= 11 is 11.6. The average molecular weight is 283 g/mol. The Morgan fingerprint density at radius 2 is 1.89 bits per heavy atom. The van der Waals surface area contributed by atoms with Gasteiger partial charge in [-0.05, 0) is 30.7 Å². The number of hydrogen-bond donors (Lipinski definition) is 0. The van der Waals surface area contributed by atoms with Gasteiger partial charge in [-0.2, -0.15) is 4.98 Å². The van der Waals surface area contributed by atoms with E-state index in [4.69, 9.17) is 27.9 Å². The average Bonchev–Trinajstić information content (AvgIpc) is 2.37. The van der Waals surface area contributed by atoms with Gasteiger partial charge in [0.15, 0.2) is 0 Å². The molecule has 94 valence electrons. The van der Waals surface area contributed by atoms with Crippen molar-refractivity contribution in [3.8, 4) is 6.01 Å². The lowest BCUT2D eigenvalue weighted by Crippen LogP contribution is -2.02. The third kappa shape index (κ3) is 3.59. The van der Waals surface area contributed by atoms with Gasteiger partial charge in [-0.25, -0.2) is 4.98 Å². The highest BCUT2D eigenvalue weighted by Gasteiger charge is 2.03. The lowest BCUT2D eigenvalue weighted by atomic mass is 10.2. The van der Waals surface area contributed by atoms with Crippen molar-refractivity contribution in [1.29, 1.82) is 0 Å². The van der Waals surface area contributed by atoms with Crippen LogP contribution in [0.25, 0.3) is 0 Å². The maximum Gasteiger partial charge on any atom is 0.317 e. The summed E-state index contributed by atoms with van der Waals surface area (Å²) in [4.78, 5) is 8.39. The van der Waals surface area contributed by atoms with Gasteiger partial charge in [0.1, 0.15) is 6.61 Å². The summed E-state index contributed by atoms with van der Waals surface area (Å²) in [6, 6.07) is 9.63. The fourth-order valence-corrected chi connectivity index (χ4v) is 1.73. The van der Waals surface area contributed by atoms with E-state index >= 15 is 0 Å². The number of ether oxygens (including phenoxy) is 1. The van der Waals surface area contributed by atoms with Crippen LogP contribution in [0.15, 0.2) is 30.3 Å². The van der Waals surface area contributed by atoms with Gasteiger partial charge in [0.25, 0.3) is 0 Å². The maximum atomic E-state index is 5.81. The summed E-state index contributed by atoms with van der Waals surface area (Å²) in [5, 5.41) is 0.704. The van der Waals surface area contributed by atoms with Gasteiger partial charge in [-0.1, -0.05) is 23.7 Å². The fraction of sp³-hybridized carbons (Fsp3) is 0.231. The lowest BCUT2D eigenvalue weighted by molar-refractivity contribution is 0.279. The van der Waals surface area contributed by atoms with Crippen LogP contribution in [-0.2, 0) is 12.5 Å². The molecule has 2 rings (SSSR count). The molecule has 1 aromatic carbocycles. The second-order valence-corrected chi connectivity index (χ2v) is 4.54. The number of nitrogens with zero attached hydrogens (tertiary/aromatic N) is 2. The fourth-order valence-electron chi connectivity index (χ4n) is 1.47. The molecular formula is C13H12Cl2N2O. The van der Waals surface area contributed by atoms with E-state index in [1.807, 2.05) is 37.3 Å². The Bertz CT molecular complexity index is 529. The molecule has 2 aromatic rings. The number of halogens is 2. The zero-order valence-electron chi connectivity index (χ0n) is 9.86. The maximum absolute atomic E-state index is 5.81. The van der Waals surface area contributed by atoms with Crippen LogP contribution in [0.5, 0.6) is 6.01 Å². The highest BCUT2D eigenvalue weighted by molar-refractivity contribution is 6.30. The van der Waals surface area contributed by atoms with Crippen molar-refractivity contribution in [2.24, 2.45) is 0 Å². The normalized spacial score (nSPS) is 10.4. The highest BCUT2D eigenvalue weighted by atomic mass is 35.5. The number of aromatic nitrogens is 2. The number of benzene rings is 1. The van der Waals surface area contributed by atoms with Crippen molar-refractivity contribution >= 4 is 23.2 Å². The molecule has 0 fully saturated rings. The van der Waals surface area contributed by atoms with Crippen LogP contribution in [0, 0.1) is 6.92 Å². The van der Waals surface area contributed by atoms with E-state index in [1.54, 1.807) is 0 Å². The van der Waals surface area contributed by atoms with Crippen LogP contribution < -0.4 is 4.74 Å². The third-order valence-electron chi connectivity index (χ3n) is 2.30. The van der Waals surface area contributed by atoms with Crippen molar-refractivity contribution in [3.63, 3.8) is 0 Å². The summed E-state index contributed by atoms with van der Waals surface area (Å²) in [6.07, 6.45) is 0. The van der Waals surface area contributed by atoms with Crippen molar-refractivity contribution in [2.45, 2.75) is 19.4 Å². The Morgan fingerprint density at radius 1 is 1.17 bits per heavy atom. The summed E-state index contributed by atoms with van der Waals surface area (Å²) in [7, 11) is 0. The van der Waals surface area contributed by atoms with Crippen LogP contribution in [0.2, 0.25) is 5.02 Å². The van der Waals surface area contributed by atoms with Gasteiger partial charge in [0.05, 0.1) is 11.6 Å². The van der Waals surface area contributed by atoms with Crippen LogP contribution >= 0.6 is 23.2 Å². The molecule has 18 heavy (non-hydrogen) atoms.